The van der Waals surface area contributed by atoms with Crippen LogP contribution in [0.15, 0.2) is 192 Å². The van der Waals surface area contributed by atoms with E-state index in [2.05, 4.69) is 193 Å². The van der Waals surface area contributed by atoms with E-state index >= 15 is 0 Å². The number of hydrogen-bond acceptors (Lipinski definition) is 2. The zero-order valence-corrected chi connectivity index (χ0v) is 30.6. The summed E-state index contributed by atoms with van der Waals surface area (Å²) in [6.45, 7) is 0. The van der Waals surface area contributed by atoms with Crippen LogP contribution in [0.4, 0.5) is 11.4 Å². The fraction of sp³-hybridized carbons (Fsp3) is 0.0769. The molecule has 256 valence electrons. The number of rotatable bonds is 5. The van der Waals surface area contributed by atoms with Gasteiger partial charge in [0.25, 0.3) is 0 Å². The Kier molecular flexibility index (Phi) is 7.45. The highest BCUT2D eigenvalue weighted by atomic mass is 32.2. The molecule has 2 unspecified atom stereocenters. The van der Waals surface area contributed by atoms with Crippen molar-refractivity contribution in [2.75, 3.05) is 4.90 Å². The van der Waals surface area contributed by atoms with E-state index in [1.807, 2.05) is 11.8 Å². The van der Waals surface area contributed by atoms with E-state index in [-0.39, 0.29) is 12.0 Å². The quantitative estimate of drug-likeness (QED) is 0.175. The third-order valence-electron chi connectivity index (χ3n) is 11.7. The molecule has 0 amide bonds. The summed E-state index contributed by atoms with van der Waals surface area (Å²) in [5.41, 5.74) is 11.9. The van der Waals surface area contributed by atoms with Crippen molar-refractivity contribution in [1.82, 2.24) is 0 Å². The molecule has 2 atom stereocenters. The number of hydrogen-bond donors (Lipinski definition) is 0. The molecule has 8 aromatic carbocycles. The zero-order valence-electron chi connectivity index (χ0n) is 29.8. The summed E-state index contributed by atoms with van der Waals surface area (Å²) in [4.78, 5) is 5.15. The normalized spacial score (nSPS) is 17.1. The lowest BCUT2D eigenvalue weighted by Crippen LogP contribution is -2.29. The van der Waals surface area contributed by atoms with Crippen LogP contribution in [0.5, 0.6) is 0 Å². The third kappa shape index (κ3) is 5.16. The van der Waals surface area contributed by atoms with E-state index in [1.165, 1.54) is 92.4 Å². The highest BCUT2D eigenvalue weighted by Gasteiger charge is 2.39. The first-order chi connectivity index (χ1) is 26.8. The maximum Gasteiger partial charge on any atom is 0.0630 e. The van der Waals surface area contributed by atoms with Crippen molar-refractivity contribution in [1.29, 1.82) is 0 Å². The van der Waals surface area contributed by atoms with Crippen LogP contribution in [0.25, 0.3) is 55.1 Å². The molecule has 11 rings (SSSR count). The molecule has 0 bridgehead atoms. The van der Waals surface area contributed by atoms with Crippen LogP contribution in [-0.4, -0.2) is 6.04 Å². The Morgan fingerprint density at radius 1 is 0.537 bits per heavy atom. The van der Waals surface area contributed by atoms with Crippen LogP contribution in [-0.2, 0) is 6.42 Å². The highest BCUT2D eigenvalue weighted by Crippen LogP contribution is 2.52. The summed E-state index contributed by atoms with van der Waals surface area (Å²) in [6.07, 6.45) is 14.2. The van der Waals surface area contributed by atoms with Gasteiger partial charge in [0.05, 0.1) is 6.04 Å². The van der Waals surface area contributed by atoms with E-state index in [1.54, 1.807) is 0 Å². The second-order valence-electron chi connectivity index (χ2n) is 14.7. The molecule has 2 aliphatic carbocycles. The van der Waals surface area contributed by atoms with Crippen molar-refractivity contribution in [3.05, 3.63) is 204 Å². The van der Waals surface area contributed by atoms with Crippen molar-refractivity contribution in [2.24, 2.45) is 0 Å². The molecule has 0 spiro atoms. The number of nitrogens with zero attached hydrogens (tertiary/aromatic N) is 1. The van der Waals surface area contributed by atoms with Gasteiger partial charge in [-0.25, -0.2) is 0 Å². The van der Waals surface area contributed by atoms with Crippen LogP contribution in [0.3, 0.4) is 0 Å². The van der Waals surface area contributed by atoms with E-state index in [0.29, 0.717) is 0 Å². The minimum atomic E-state index is 0.179. The average molecular weight is 708 g/mol. The maximum absolute atomic E-state index is 2.59. The van der Waals surface area contributed by atoms with Gasteiger partial charge in [-0.1, -0.05) is 163 Å². The van der Waals surface area contributed by atoms with Crippen LogP contribution in [0.2, 0.25) is 0 Å². The van der Waals surface area contributed by atoms with Gasteiger partial charge in [0.1, 0.15) is 0 Å². The summed E-state index contributed by atoms with van der Waals surface area (Å²) in [6, 6.07) is 58.9. The summed E-state index contributed by atoms with van der Waals surface area (Å²) in [7, 11) is 0. The first kappa shape index (κ1) is 31.4. The molecular weight excluding hydrogens is 671 g/mol. The Labute approximate surface area is 320 Å². The van der Waals surface area contributed by atoms with Gasteiger partial charge >= 0.3 is 0 Å². The first-order valence-electron chi connectivity index (χ1n) is 19.1. The lowest BCUT2D eigenvalue weighted by molar-refractivity contribution is 0.748. The Morgan fingerprint density at radius 3 is 2.15 bits per heavy atom. The lowest BCUT2D eigenvalue weighted by atomic mass is 9.84. The van der Waals surface area contributed by atoms with Gasteiger partial charge in [-0.2, -0.15) is 0 Å². The Morgan fingerprint density at radius 2 is 1.26 bits per heavy atom. The van der Waals surface area contributed by atoms with E-state index in [9.17, 15) is 0 Å². The topological polar surface area (TPSA) is 3.24 Å². The second kappa shape index (κ2) is 12.8. The minimum Gasteiger partial charge on any atom is -0.333 e. The summed E-state index contributed by atoms with van der Waals surface area (Å²) >= 11 is 1.86. The molecule has 0 aromatic heterocycles. The molecule has 2 heteroatoms. The van der Waals surface area contributed by atoms with Gasteiger partial charge in [-0.3, -0.25) is 0 Å². The van der Waals surface area contributed by atoms with Crippen molar-refractivity contribution < 1.29 is 0 Å². The van der Waals surface area contributed by atoms with Crippen LogP contribution in [0.1, 0.15) is 34.6 Å². The highest BCUT2D eigenvalue weighted by molar-refractivity contribution is 7.99. The molecular formula is C52H37NS. The van der Waals surface area contributed by atoms with Crippen LogP contribution in [0, 0.1) is 0 Å². The lowest BCUT2D eigenvalue weighted by Gasteiger charge is -2.30. The van der Waals surface area contributed by atoms with Gasteiger partial charge < -0.3 is 4.90 Å². The van der Waals surface area contributed by atoms with Crippen LogP contribution < -0.4 is 4.90 Å². The third-order valence-corrected chi connectivity index (χ3v) is 12.8. The predicted octanol–water partition coefficient (Wildman–Crippen LogP) is 14.2. The first-order valence-corrected chi connectivity index (χ1v) is 19.9. The van der Waals surface area contributed by atoms with E-state index in [4.69, 9.17) is 0 Å². The standard InChI is InChI=1S/C52H37NS/c1-2-14-37-31-38(24-23-34(37)11-1)39-25-28-49-46(32-39)47-33-40(26-29-50(47)53(49)48-21-9-15-35-12-3-5-17-42(35)48)41-27-30-52(45-20-8-7-19-44(41)45)54-51-22-10-16-36-13-4-6-18-43(36)51/h2-10,12-33,46,49H,1,11H2. The molecule has 0 saturated heterocycles. The molecule has 8 aromatic rings. The molecule has 1 heterocycles. The molecule has 3 aliphatic rings. The average Bonchev–Trinajstić information content (AvgIpc) is 3.56. The maximum atomic E-state index is 2.59. The SMILES string of the molecule is C1=Cc2cc(C3=CC4c5cc(-c6ccc(Sc7cccc8ccccc78)c7ccccc67)ccc5N(c5cccc6ccccc56)C4C=C3)ccc2CC1. The van der Waals surface area contributed by atoms with Gasteiger partial charge in [0.15, 0.2) is 0 Å². The summed E-state index contributed by atoms with van der Waals surface area (Å²) in [5, 5.41) is 7.68. The number of aryl methyl sites for hydroxylation is 1. The smallest absolute Gasteiger partial charge is 0.0630 e. The van der Waals surface area contributed by atoms with Crippen molar-refractivity contribution in [2.45, 2.75) is 34.6 Å². The molecule has 1 aliphatic heterocycles. The largest absolute Gasteiger partial charge is 0.333 e. The molecule has 0 fully saturated rings. The zero-order chi connectivity index (χ0) is 35.6. The Bertz CT molecular complexity index is 2880. The van der Waals surface area contributed by atoms with Crippen molar-refractivity contribution in [3.8, 4) is 11.1 Å². The monoisotopic (exact) mass is 707 g/mol. The molecule has 0 saturated carbocycles. The Hall–Kier alpha value is -6.09. The number of anilines is 2. The second-order valence-corrected chi connectivity index (χ2v) is 15.8. The fourth-order valence-electron chi connectivity index (χ4n) is 9.08. The van der Waals surface area contributed by atoms with Gasteiger partial charge in [0.2, 0.25) is 0 Å². The number of allylic oxidation sites excluding steroid dienone is 3. The van der Waals surface area contributed by atoms with Gasteiger partial charge in [-0.15, -0.1) is 0 Å². The predicted molar refractivity (Wildman–Crippen MR) is 231 cm³/mol. The molecule has 1 nitrogen and oxygen atoms in total. The number of benzene rings is 8. The number of fused-ring (bicyclic) bond motifs is 7. The van der Waals surface area contributed by atoms with E-state index in [0.717, 1.165) is 12.8 Å². The summed E-state index contributed by atoms with van der Waals surface area (Å²) < 4.78 is 0. The minimum absolute atomic E-state index is 0.179. The molecule has 0 radical (unpaired) electrons. The van der Waals surface area contributed by atoms with Gasteiger partial charge in [-0.05, 0) is 115 Å². The van der Waals surface area contributed by atoms with Crippen LogP contribution >= 0.6 is 11.8 Å². The Balaban J connectivity index is 1.05. The van der Waals surface area contributed by atoms with Gasteiger partial charge in [0, 0.05) is 32.5 Å². The van der Waals surface area contributed by atoms with E-state index < -0.39 is 0 Å². The van der Waals surface area contributed by atoms with Crippen molar-refractivity contribution >= 4 is 67.1 Å². The molecule has 0 N–H and O–H groups in total. The fourth-order valence-corrected chi connectivity index (χ4v) is 10.2. The summed E-state index contributed by atoms with van der Waals surface area (Å²) in [5.74, 6) is 0.206. The molecule has 54 heavy (non-hydrogen) atoms. The van der Waals surface area contributed by atoms with Crippen molar-refractivity contribution in [3.63, 3.8) is 0 Å².